The lowest BCUT2D eigenvalue weighted by Crippen LogP contribution is -1.93. The molecule has 14 heavy (non-hydrogen) atoms. The summed E-state index contributed by atoms with van der Waals surface area (Å²) in [6, 6.07) is 10.3. The maximum atomic E-state index is 5.28. The van der Waals surface area contributed by atoms with Crippen molar-refractivity contribution in [3.63, 3.8) is 0 Å². The molecule has 0 bridgehead atoms. The highest BCUT2D eigenvalue weighted by Gasteiger charge is 2.02. The fourth-order valence-electron chi connectivity index (χ4n) is 0.849. The Morgan fingerprint density at radius 3 is 2.50 bits per heavy atom. The van der Waals surface area contributed by atoms with Gasteiger partial charge in [-0.15, -0.1) is 11.8 Å². The topological polar surface area (TPSA) is 0 Å². The van der Waals surface area contributed by atoms with Crippen LogP contribution in [0, 0.1) is 5.92 Å². The molecule has 0 radical (unpaired) electrons. The van der Waals surface area contributed by atoms with Gasteiger partial charge in [-0.25, -0.2) is 0 Å². The molecule has 0 amide bonds. The summed E-state index contributed by atoms with van der Waals surface area (Å²) >= 11 is 8.73. The molecule has 0 N–H and O–H groups in total. The van der Waals surface area contributed by atoms with Crippen LogP contribution in [0.4, 0.5) is 0 Å². The quantitative estimate of drug-likeness (QED) is 0.567. The molecule has 0 saturated carbocycles. The van der Waals surface area contributed by atoms with Crippen LogP contribution in [0.1, 0.15) is 13.8 Å². The van der Waals surface area contributed by atoms with Crippen molar-refractivity contribution in [2.45, 2.75) is 18.7 Å². The van der Waals surface area contributed by atoms with E-state index >= 15 is 0 Å². The third-order valence-corrected chi connectivity index (χ3v) is 4.43. The predicted octanol–water partition coefficient (Wildman–Crippen LogP) is 4.45. The second-order valence-corrected chi connectivity index (χ2v) is 6.67. The largest absolute Gasteiger partial charge is 0.109 e. The van der Waals surface area contributed by atoms with Crippen LogP contribution in [0.15, 0.2) is 35.2 Å². The van der Waals surface area contributed by atoms with Crippen LogP contribution in [0.25, 0.3) is 0 Å². The van der Waals surface area contributed by atoms with Gasteiger partial charge in [0.2, 0.25) is 0 Å². The zero-order valence-electron chi connectivity index (χ0n) is 8.40. The Bertz CT molecular complexity index is 280. The first kappa shape index (κ1) is 12.1. The Kier molecular flexibility index (Phi) is 5.60. The van der Waals surface area contributed by atoms with Gasteiger partial charge in [0, 0.05) is 10.6 Å². The van der Waals surface area contributed by atoms with E-state index in [2.05, 4.69) is 26.0 Å². The van der Waals surface area contributed by atoms with Crippen molar-refractivity contribution in [1.29, 1.82) is 0 Å². The summed E-state index contributed by atoms with van der Waals surface area (Å²) in [5.41, 5.74) is 0. The van der Waals surface area contributed by atoms with Gasteiger partial charge in [-0.2, -0.15) is 0 Å². The van der Waals surface area contributed by atoms with Crippen LogP contribution in [-0.4, -0.2) is 9.28 Å². The average Bonchev–Trinajstić information content (AvgIpc) is 2.16. The lowest BCUT2D eigenvalue weighted by atomic mass is 10.3. The smallest absolute Gasteiger partial charge is 0.107 e. The maximum Gasteiger partial charge on any atom is 0.109 e. The standard InChI is InChI=1S/C11H14S3/c1-9(2)8-13-11(12)14-10-6-4-3-5-7-10/h3-7,9H,8H2,1-2H3. The van der Waals surface area contributed by atoms with Gasteiger partial charge in [-0.3, -0.25) is 0 Å². The van der Waals surface area contributed by atoms with Crippen LogP contribution in [0.2, 0.25) is 0 Å². The van der Waals surface area contributed by atoms with Gasteiger partial charge in [0.25, 0.3) is 0 Å². The molecule has 0 aromatic heterocycles. The number of rotatable bonds is 3. The van der Waals surface area contributed by atoms with E-state index in [-0.39, 0.29) is 0 Å². The molecule has 0 spiro atoms. The molecule has 0 aliphatic rings. The summed E-state index contributed by atoms with van der Waals surface area (Å²) in [6.45, 7) is 4.42. The maximum absolute atomic E-state index is 5.28. The highest BCUT2D eigenvalue weighted by atomic mass is 32.2. The molecular weight excluding hydrogens is 228 g/mol. The summed E-state index contributed by atoms with van der Waals surface area (Å²) in [5.74, 6) is 1.81. The fraction of sp³-hybridized carbons (Fsp3) is 0.364. The molecule has 0 saturated heterocycles. The lowest BCUT2D eigenvalue weighted by Gasteiger charge is -2.05. The molecule has 0 heterocycles. The molecule has 0 nitrogen and oxygen atoms in total. The highest BCUT2D eigenvalue weighted by Crippen LogP contribution is 2.26. The molecule has 0 atom stereocenters. The van der Waals surface area contributed by atoms with Crippen molar-refractivity contribution in [2.24, 2.45) is 5.92 Å². The minimum Gasteiger partial charge on any atom is -0.107 e. The Morgan fingerprint density at radius 1 is 1.29 bits per heavy atom. The predicted molar refractivity (Wildman–Crippen MR) is 72.2 cm³/mol. The monoisotopic (exact) mass is 242 g/mol. The molecule has 0 unspecified atom stereocenters. The first-order valence-corrected chi connectivity index (χ1v) is 6.79. The number of benzene rings is 1. The van der Waals surface area contributed by atoms with Crippen molar-refractivity contribution in [3.05, 3.63) is 30.3 Å². The minimum atomic E-state index is 0.703. The van der Waals surface area contributed by atoms with E-state index in [1.807, 2.05) is 18.2 Å². The Hall–Kier alpha value is 0.01000. The second kappa shape index (κ2) is 6.49. The molecule has 76 valence electrons. The van der Waals surface area contributed by atoms with Gasteiger partial charge in [0.05, 0.1) is 0 Å². The molecule has 1 rings (SSSR count). The van der Waals surface area contributed by atoms with Crippen molar-refractivity contribution >= 4 is 39.3 Å². The van der Waals surface area contributed by atoms with Crippen LogP contribution >= 0.6 is 35.7 Å². The molecule has 3 heteroatoms. The van der Waals surface area contributed by atoms with E-state index in [1.54, 1.807) is 23.5 Å². The molecular formula is C11H14S3. The summed E-state index contributed by atoms with van der Waals surface area (Å²) in [6.07, 6.45) is 0. The third-order valence-electron chi connectivity index (χ3n) is 1.48. The highest BCUT2D eigenvalue weighted by molar-refractivity contribution is 8.47. The van der Waals surface area contributed by atoms with E-state index in [0.717, 1.165) is 9.28 Å². The normalized spacial score (nSPS) is 10.5. The Labute approximate surface area is 99.9 Å². The summed E-state index contributed by atoms with van der Waals surface area (Å²) < 4.78 is 1.02. The molecule has 0 fully saturated rings. The van der Waals surface area contributed by atoms with E-state index in [0.29, 0.717) is 5.92 Å². The van der Waals surface area contributed by atoms with Crippen LogP contribution in [-0.2, 0) is 0 Å². The fourth-order valence-corrected chi connectivity index (χ4v) is 3.03. The van der Waals surface area contributed by atoms with Crippen LogP contribution in [0.3, 0.4) is 0 Å². The van der Waals surface area contributed by atoms with Crippen LogP contribution < -0.4 is 0 Å². The first-order valence-electron chi connectivity index (χ1n) is 4.58. The molecule has 1 aromatic carbocycles. The van der Waals surface area contributed by atoms with E-state index in [4.69, 9.17) is 12.2 Å². The van der Waals surface area contributed by atoms with E-state index in [9.17, 15) is 0 Å². The number of hydrogen-bond acceptors (Lipinski definition) is 3. The van der Waals surface area contributed by atoms with E-state index in [1.165, 1.54) is 4.90 Å². The molecule has 0 aliphatic heterocycles. The number of thiocarbonyl (C=S) groups is 1. The van der Waals surface area contributed by atoms with Crippen molar-refractivity contribution in [2.75, 3.05) is 5.75 Å². The Morgan fingerprint density at radius 2 is 1.93 bits per heavy atom. The number of hydrogen-bond donors (Lipinski definition) is 0. The summed E-state index contributed by atoms with van der Waals surface area (Å²) in [5, 5.41) is 0. The molecule has 1 aromatic rings. The zero-order valence-corrected chi connectivity index (χ0v) is 10.8. The zero-order chi connectivity index (χ0) is 10.4. The van der Waals surface area contributed by atoms with E-state index < -0.39 is 0 Å². The summed E-state index contributed by atoms with van der Waals surface area (Å²) in [4.78, 5) is 1.23. The lowest BCUT2D eigenvalue weighted by molar-refractivity contribution is 0.752. The SMILES string of the molecule is CC(C)CSC(=S)Sc1ccccc1. The minimum absolute atomic E-state index is 0.703. The van der Waals surface area contributed by atoms with Crippen LogP contribution in [0.5, 0.6) is 0 Å². The van der Waals surface area contributed by atoms with Crippen molar-refractivity contribution < 1.29 is 0 Å². The van der Waals surface area contributed by atoms with Gasteiger partial charge in [-0.05, 0) is 18.1 Å². The molecule has 0 aliphatic carbocycles. The van der Waals surface area contributed by atoms with Gasteiger partial charge in [-0.1, -0.05) is 56.0 Å². The van der Waals surface area contributed by atoms with Gasteiger partial charge in [0.15, 0.2) is 0 Å². The van der Waals surface area contributed by atoms with Crippen molar-refractivity contribution in [3.8, 4) is 0 Å². The third kappa shape index (κ3) is 5.03. The summed E-state index contributed by atoms with van der Waals surface area (Å²) in [7, 11) is 0. The Balaban J connectivity index is 2.35. The second-order valence-electron chi connectivity index (χ2n) is 3.37. The van der Waals surface area contributed by atoms with Gasteiger partial charge >= 0.3 is 0 Å². The first-order chi connectivity index (χ1) is 6.68. The van der Waals surface area contributed by atoms with Gasteiger partial charge in [0.1, 0.15) is 3.53 Å². The average molecular weight is 242 g/mol. The van der Waals surface area contributed by atoms with Gasteiger partial charge < -0.3 is 0 Å². The van der Waals surface area contributed by atoms with Crippen molar-refractivity contribution in [1.82, 2.24) is 0 Å². The number of thioether (sulfide) groups is 2.